The van der Waals surface area contributed by atoms with Crippen molar-refractivity contribution in [2.24, 2.45) is 0 Å². The molecule has 0 aliphatic rings. The summed E-state index contributed by atoms with van der Waals surface area (Å²) in [5.74, 6) is 0. The first-order valence-corrected chi connectivity index (χ1v) is 6.86. The molecular weight excluding hydrogens is 317 g/mol. The van der Waals surface area contributed by atoms with Gasteiger partial charge in [0.1, 0.15) is 0 Å². The van der Waals surface area contributed by atoms with Gasteiger partial charge in [-0.15, -0.1) is 0 Å². The molecule has 2 aromatic rings. The lowest BCUT2D eigenvalue weighted by Crippen LogP contribution is -3.61. The molecule has 0 amide bonds. The Hall–Kier alpha value is -1.43. The SMILES string of the molecule is O=[N+]([O-])c1cccc([I+]c2ccccc2)c1. The fourth-order valence-corrected chi connectivity index (χ4v) is 3.61. The molecule has 0 heterocycles. The number of rotatable bonds is 3. The van der Waals surface area contributed by atoms with Crippen molar-refractivity contribution in [3.63, 3.8) is 0 Å². The van der Waals surface area contributed by atoms with Crippen molar-refractivity contribution in [1.82, 2.24) is 0 Å². The highest BCUT2D eigenvalue weighted by molar-refractivity contribution is 5.27. The van der Waals surface area contributed by atoms with E-state index in [4.69, 9.17) is 0 Å². The summed E-state index contributed by atoms with van der Waals surface area (Å²) in [6, 6.07) is 17.0. The van der Waals surface area contributed by atoms with Crippen LogP contribution in [0.25, 0.3) is 0 Å². The number of halogens is 1. The Labute approximate surface area is 104 Å². The van der Waals surface area contributed by atoms with Crippen LogP contribution in [0.5, 0.6) is 0 Å². The topological polar surface area (TPSA) is 43.1 Å². The summed E-state index contributed by atoms with van der Waals surface area (Å²) >= 11 is -0.318. The van der Waals surface area contributed by atoms with Crippen LogP contribution in [0.4, 0.5) is 5.69 Å². The largest absolute Gasteiger partial charge is 0.358 e. The molecule has 0 bridgehead atoms. The summed E-state index contributed by atoms with van der Waals surface area (Å²) in [6.07, 6.45) is 0. The Bertz CT molecular complexity index is 499. The number of non-ortho nitro benzene ring substituents is 1. The Morgan fingerprint density at radius 1 is 0.938 bits per heavy atom. The van der Waals surface area contributed by atoms with E-state index in [1.165, 1.54) is 9.64 Å². The lowest BCUT2D eigenvalue weighted by Gasteiger charge is -1.89. The highest BCUT2D eigenvalue weighted by atomic mass is 127. The van der Waals surface area contributed by atoms with E-state index in [9.17, 15) is 10.1 Å². The lowest BCUT2D eigenvalue weighted by atomic mass is 10.3. The normalized spacial score (nSPS) is 10.0. The van der Waals surface area contributed by atoms with Crippen LogP contribution in [0.2, 0.25) is 0 Å². The predicted octanol–water partition coefficient (Wildman–Crippen LogP) is -0.277. The molecule has 3 nitrogen and oxygen atoms in total. The maximum absolute atomic E-state index is 10.6. The molecule has 0 fully saturated rings. The Morgan fingerprint density at radius 3 is 2.31 bits per heavy atom. The van der Waals surface area contributed by atoms with E-state index in [-0.39, 0.29) is 31.8 Å². The van der Waals surface area contributed by atoms with Gasteiger partial charge in [0.25, 0.3) is 5.69 Å². The van der Waals surface area contributed by atoms with Crippen molar-refractivity contribution in [1.29, 1.82) is 0 Å². The van der Waals surface area contributed by atoms with Gasteiger partial charge in [0.15, 0.2) is 3.57 Å². The number of nitro groups is 1. The van der Waals surface area contributed by atoms with Crippen molar-refractivity contribution in [3.05, 3.63) is 71.9 Å². The van der Waals surface area contributed by atoms with Crippen molar-refractivity contribution in [2.75, 3.05) is 0 Å². The summed E-state index contributed by atoms with van der Waals surface area (Å²) in [5, 5.41) is 10.6. The van der Waals surface area contributed by atoms with E-state index in [1.54, 1.807) is 12.1 Å². The van der Waals surface area contributed by atoms with Crippen LogP contribution < -0.4 is 21.2 Å². The summed E-state index contributed by atoms with van der Waals surface area (Å²) in [7, 11) is 0. The van der Waals surface area contributed by atoms with Crippen LogP contribution in [0.15, 0.2) is 54.6 Å². The van der Waals surface area contributed by atoms with Gasteiger partial charge in [-0.2, -0.15) is 0 Å². The number of nitrogens with zero attached hydrogens (tertiary/aromatic N) is 1. The first-order chi connectivity index (χ1) is 7.75. The molecule has 0 atom stereocenters. The first kappa shape index (κ1) is 11.1. The van der Waals surface area contributed by atoms with E-state index >= 15 is 0 Å². The van der Waals surface area contributed by atoms with Gasteiger partial charge < -0.3 is 0 Å². The standard InChI is InChI=1S/C12H9INO2/c15-14(16)12-8-4-7-11(9-12)13-10-5-2-1-3-6-10/h1-9H/q+1. The van der Waals surface area contributed by atoms with Crippen molar-refractivity contribution >= 4 is 5.69 Å². The average molecular weight is 326 g/mol. The summed E-state index contributed by atoms with van der Waals surface area (Å²) in [4.78, 5) is 10.3. The molecule has 0 radical (unpaired) electrons. The molecule has 16 heavy (non-hydrogen) atoms. The number of benzene rings is 2. The highest BCUT2D eigenvalue weighted by Gasteiger charge is 2.17. The van der Waals surface area contributed by atoms with Crippen LogP contribution in [0, 0.1) is 17.3 Å². The third-order valence-corrected chi connectivity index (χ3v) is 4.61. The molecule has 80 valence electrons. The van der Waals surface area contributed by atoms with Gasteiger partial charge in [-0.05, 0) is 18.2 Å². The molecule has 0 aliphatic carbocycles. The maximum atomic E-state index is 10.6. The molecule has 0 unspecified atom stereocenters. The smallest absolute Gasteiger partial charge is 0.258 e. The minimum atomic E-state index is -0.349. The quantitative estimate of drug-likeness (QED) is 0.443. The number of nitro benzene ring substituents is 1. The van der Waals surface area contributed by atoms with Crippen LogP contribution in [-0.2, 0) is 0 Å². The molecule has 2 aromatic carbocycles. The van der Waals surface area contributed by atoms with Crippen LogP contribution in [0.3, 0.4) is 0 Å². The highest BCUT2D eigenvalue weighted by Crippen LogP contribution is 2.07. The lowest BCUT2D eigenvalue weighted by molar-refractivity contribution is -0.597. The summed E-state index contributed by atoms with van der Waals surface area (Å²) in [5.41, 5.74) is 0.174. The summed E-state index contributed by atoms with van der Waals surface area (Å²) < 4.78 is 2.33. The first-order valence-electron chi connectivity index (χ1n) is 4.70. The predicted molar refractivity (Wildman–Crippen MR) is 56.9 cm³/mol. The molecule has 4 heteroatoms. The van der Waals surface area contributed by atoms with Crippen molar-refractivity contribution in [3.8, 4) is 0 Å². The Kier molecular flexibility index (Phi) is 3.51. The maximum Gasteiger partial charge on any atom is 0.358 e. The van der Waals surface area contributed by atoms with E-state index in [0.29, 0.717) is 0 Å². The molecule has 0 spiro atoms. The fraction of sp³-hybridized carbons (Fsp3) is 0. The zero-order valence-electron chi connectivity index (χ0n) is 8.34. The van der Waals surface area contributed by atoms with Crippen molar-refractivity contribution in [2.45, 2.75) is 0 Å². The van der Waals surface area contributed by atoms with Crippen LogP contribution in [0.1, 0.15) is 0 Å². The molecule has 0 aliphatic heterocycles. The third-order valence-electron chi connectivity index (χ3n) is 1.97. The van der Waals surface area contributed by atoms with Gasteiger partial charge in [-0.1, -0.05) is 24.3 Å². The average Bonchev–Trinajstić information content (AvgIpc) is 2.30. The van der Waals surface area contributed by atoms with Crippen molar-refractivity contribution < 1.29 is 26.1 Å². The van der Waals surface area contributed by atoms with E-state index < -0.39 is 0 Å². The zero-order valence-corrected chi connectivity index (χ0v) is 10.5. The molecular formula is C12H9INO2+. The monoisotopic (exact) mass is 326 g/mol. The van der Waals surface area contributed by atoms with Gasteiger partial charge in [-0.3, -0.25) is 10.1 Å². The molecule has 0 aromatic heterocycles. The third kappa shape index (κ3) is 2.79. The van der Waals surface area contributed by atoms with Gasteiger partial charge in [-0.25, -0.2) is 0 Å². The number of hydrogen-bond donors (Lipinski definition) is 0. The second-order valence-electron chi connectivity index (χ2n) is 3.13. The van der Waals surface area contributed by atoms with Crippen LogP contribution >= 0.6 is 0 Å². The van der Waals surface area contributed by atoms with E-state index in [1.807, 2.05) is 24.3 Å². The molecule has 0 N–H and O–H groups in total. The second-order valence-corrected chi connectivity index (χ2v) is 6.16. The second kappa shape index (κ2) is 5.07. The van der Waals surface area contributed by atoms with Crippen LogP contribution in [-0.4, -0.2) is 4.92 Å². The van der Waals surface area contributed by atoms with Gasteiger partial charge in [0.2, 0.25) is 3.57 Å². The number of hydrogen-bond acceptors (Lipinski definition) is 2. The fourth-order valence-electron chi connectivity index (χ4n) is 1.25. The molecule has 0 saturated heterocycles. The zero-order chi connectivity index (χ0) is 11.4. The molecule has 0 saturated carbocycles. The Morgan fingerprint density at radius 2 is 1.62 bits per heavy atom. The summed E-state index contributed by atoms with van der Waals surface area (Å²) in [6.45, 7) is 0. The van der Waals surface area contributed by atoms with E-state index in [2.05, 4.69) is 12.1 Å². The van der Waals surface area contributed by atoms with Gasteiger partial charge in [0.05, 0.1) is 11.0 Å². The van der Waals surface area contributed by atoms with Gasteiger partial charge in [0, 0.05) is 6.07 Å². The minimum absolute atomic E-state index is 0.174. The minimum Gasteiger partial charge on any atom is -0.258 e. The molecule has 2 rings (SSSR count). The van der Waals surface area contributed by atoms with E-state index in [0.717, 1.165) is 3.57 Å². The van der Waals surface area contributed by atoms with Gasteiger partial charge >= 0.3 is 21.2 Å². The Balaban J connectivity index is 2.22.